The Morgan fingerprint density at radius 3 is 2.24 bits per heavy atom. The molecule has 190 valence electrons. The average Bonchev–Trinajstić information content (AvgIpc) is 3.36. The minimum Gasteiger partial charge on any atom is -0.465 e. The van der Waals surface area contributed by atoms with E-state index in [0.717, 1.165) is 45.0 Å². The van der Waals surface area contributed by atoms with Gasteiger partial charge in [0.2, 0.25) is 0 Å². The van der Waals surface area contributed by atoms with Crippen LogP contribution in [0.5, 0.6) is 0 Å². The van der Waals surface area contributed by atoms with Gasteiger partial charge in [-0.05, 0) is 69.9 Å². The first-order chi connectivity index (χ1) is 16.5. The molecule has 0 spiro atoms. The summed E-state index contributed by atoms with van der Waals surface area (Å²) in [6.45, 7) is 15.5. The molecule has 0 aliphatic rings. The van der Waals surface area contributed by atoms with Crippen LogP contribution in [0.1, 0.15) is 76.4 Å². The first kappa shape index (κ1) is 28.0. The molecule has 0 saturated carbocycles. The molecule has 0 fully saturated rings. The predicted molar refractivity (Wildman–Crippen MR) is 138 cm³/mol. The second-order valence-corrected chi connectivity index (χ2v) is 9.06. The van der Waals surface area contributed by atoms with Crippen LogP contribution in [0.15, 0.2) is 36.7 Å². The fourth-order valence-electron chi connectivity index (χ4n) is 4.13. The van der Waals surface area contributed by atoms with Crippen LogP contribution in [0, 0.1) is 0 Å². The Bertz CT molecular complexity index is 773. The summed E-state index contributed by atoms with van der Waals surface area (Å²) >= 11 is 0. The van der Waals surface area contributed by atoms with Crippen molar-refractivity contribution in [3.8, 4) is 0 Å². The van der Waals surface area contributed by atoms with Crippen molar-refractivity contribution in [3.05, 3.63) is 53.6 Å². The molecule has 2 N–H and O–H groups in total. The van der Waals surface area contributed by atoms with Gasteiger partial charge in [0.1, 0.15) is 12.4 Å². The molecule has 1 unspecified atom stereocenters. The second kappa shape index (κ2) is 16.4. The lowest BCUT2D eigenvalue weighted by molar-refractivity contribution is -0.141. The van der Waals surface area contributed by atoms with E-state index in [-0.39, 0.29) is 12.0 Å². The number of H-pyrrole nitrogens is 1. The van der Waals surface area contributed by atoms with Crippen molar-refractivity contribution in [3.63, 3.8) is 0 Å². The summed E-state index contributed by atoms with van der Waals surface area (Å²) in [6.07, 6.45) is 8.40. The van der Waals surface area contributed by atoms with Crippen molar-refractivity contribution in [1.29, 1.82) is 0 Å². The first-order valence-corrected chi connectivity index (χ1v) is 12.9. The number of esters is 1. The molecule has 7 heteroatoms. The smallest absolute Gasteiger partial charge is 0.302 e. The number of benzene rings is 1. The highest BCUT2D eigenvalue weighted by atomic mass is 16.5. The largest absolute Gasteiger partial charge is 0.465 e. The molecule has 0 saturated heterocycles. The zero-order valence-electron chi connectivity index (χ0n) is 21.7. The summed E-state index contributed by atoms with van der Waals surface area (Å²) in [6, 6.07) is 8.97. The molecule has 1 aromatic carbocycles. The van der Waals surface area contributed by atoms with Crippen LogP contribution in [-0.2, 0) is 22.6 Å². The van der Waals surface area contributed by atoms with Gasteiger partial charge in [-0.1, -0.05) is 38.1 Å². The van der Waals surface area contributed by atoms with Crippen molar-refractivity contribution >= 4 is 5.97 Å². The summed E-state index contributed by atoms with van der Waals surface area (Å²) in [5.41, 5.74) is 2.53. The molecular formula is C27H45N5O2. The van der Waals surface area contributed by atoms with E-state index >= 15 is 0 Å². The Morgan fingerprint density at radius 1 is 1.00 bits per heavy atom. The minimum atomic E-state index is -0.213. The number of ether oxygens (including phenoxy) is 1. The van der Waals surface area contributed by atoms with Gasteiger partial charge in [0.25, 0.3) is 0 Å². The summed E-state index contributed by atoms with van der Waals surface area (Å²) in [4.78, 5) is 23.6. The first-order valence-electron chi connectivity index (χ1n) is 12.9. The number of aromatic nitrogens is 2. The van der Waals surface area contributed by atoms with Crippen LogP contribution >= 0.6 is 0 Å². The van der Waals surface area contributed by atoms with E-state index in [2.05, 4.69) is 70.1 Å². The fourth-order valence-corrected chi connectivity index (χ4v) is 4.13. The maximum atomic E-state index is 11.2. The molecule has 7 nitrogen and oxygen atoms in total. The van der Waals surface area contributed by atoms with Gasteiger partial charge in [-0.3, -0.25) is 9.69 Å². The summed E-state index contributed by atoms with van der Waals surface area (Å²) in [7, 11) is 0. The lowest BCUT2D eigenvalue weighted by Gasteiger charge is -2.24. The molecule has 0 aliphatic carbocycles. The third-order valence-corrected chi connectivity index (χ3v) is 5.96. The van der Waals surface area contributed by atoms with E-state index in [1.54, 1.807) is 6.20 Å². The molecule has 2 aromatic rings. The molecule has 1 heterocycles. The van der Waals surface area contributed by atoms with Crippen molar-refractivity contribution in [2.75, 3.05) is 39.3 Å². The third kappa shape index (κ3) is 11.3. The van der Waals surface area contributed by atoms with Gasteiger partial charge in [-0.25, -0.2) is 4.98 Å². The van der Waals surface area contributed by atoms with E-state index in [0.29, 0.717) is 6.61 Å². The number of nitrogens with zero attached hydrogens (tertiary/aromatic N) is 3. The molecule has 0 amide bonds. The van der Waals surface area contributed by atoms with Gasteiger partial charge in [-0.15, -0.1) is 0 Å². The summed E-state index contributed by atoms with van der Waals surface area (Å²) < 4.78 is 5.22. The quantitative estimate of drug-likeness (QED) is 0.246. The lowest BCUT2D eigenvalue weighted by atomic mass is 10.1. The number of imidazole rings is 1. The Morgan fingerprint density at radius 2 is 1.65 bits per heavy atom. The number of unbranched alkanes of at least 4 members (excludes halogenated alkanes) is 1. The number of carbonyl (C=O) groups excluding carboxylic acids is 1. The number of hydrogen-bond donors (Lipinski definition) is 2. The van der Waals surface area contributed by atoms with Crippen LogP contribution in [0.3, 0.4) is 0 Å². The maximum absolute atomic E-state index is 11.2. The molecule has 2 rings (SSSR count). The van der Waals surface area contributed by atoms with Gasteiger partial charge in [-0.2, -0.15) is 0 Å². The fraction of sp³-hybridized carbons (Fsp3) is 0.630. The summed E-state index contributed by atoms with van der Waals surface area (Å²) in [5, 5.41) is 3.50. The zero-order valence-corrected chi connectivity index (χ0v) is 21.7. The Hall–Kier alpha value is -2.22. The Labute approximate surface area is 206 Å². The molecule has 1 aromatic heterocycles. The van der Waals surface area contributed by atoms with Crippen LogP contribution in [-0.4, -0.2) is 65.1 Å². The molecular weight excluding hydrogens is 426 g/mol. The predicted octanol–water partition coefficient (Wildman–Crippen LogP) is 4.53. The number of carbonyl (C=O) groups is 1. The zero-order chi connectivity index (χ0) is 24.6. The van der Waals surface area contributed by atoms with Gasteiger partial charge in [0.05, 0.1) is 6.04 Å². The van der Waals surface area contributed by atoms with E-state index in [9.17, 15) is 4.79 Å². The van der Waals surface area contributed by atoms with Crippen molar-refractivity contribution in [2.45, 2.75) is 72.5 Å². The van der Waals surface area contributed by atoms with E-state index in [4.69, 9.17) is 4.74 Å². The Kier molecular flexibility index (Phi) is 13.5. The lowest BCUT2D eigenvalue weighted by Crippen LogP contribution is -2.30. The van der Waals surface area contributed by atoms with Crippen molar-refractivity contribution < 1.29 is 9.53 Å². The standard InChI is InChI=1S/C27H45N5O2/c1-5-15-31(16-6-2)17-7-8-18-32(19-20-34-24(4)33)22-26-11-9-25(10-12-26)21-30-23(3)27-28-13-14-29-27/h9-14,23,30H,5-8,15-22H2,1-4H3,(H,28,29). The molecule has 0 radical (unpaired) electrons. The van der Waals surface area contributed by atoms with Crippen LogP contribution in [0.4, 0.5) is 0 Å². The van der Waals surface area contributed by atoms with Gasteiger partial charge in [0.15, 0.2) is 0 Å². The third-order valence-electron chi connectivity index (χ3n) is 5.96. The Balaban J connectivity index is 1.82. The topological polar surface area (TPSA) is 73.5 Å². The van der Waals surface area contributed by atoms with E-state index in [1.807, 2.05) is 6.20 Å². The highest BCUT2D eigenvalue weighted by Gasteiger charge is 2.10. The maximum Gasteiger partial charge on any atom is 0.302 e. The molecule has 34 heavy (non-hydrogen) atoms. The van der Waals surface area contributed by atoms with Gasteiger partial charge < -0.3 is 19.9 Å². The van der Waals surface area contributed by atoms with Crippen LogP contribution in [0.2, 0.25) is 0 Å². The second-order valence-electron chi connectivity index (χ2n) is 9.06. The molecule has 1 atom stereocenters. The average molecular weight is 472 g/mol. The number of nitrogens with one attached hydrogen (secondary N) is 2. The number of rotatable bonds is 18. The van der Waals surface area contributed by atoms with E-state index < -0.39 is 0 Å². The number of hydrogen-bond acceptors (Lipinski definition) is 6. The van der Waals surface area contributed by atoms with Crippen molar-refractivity contribution in [2.24, 2.45) is 0 Å². The van der Waals surface area contributed by atoms with Crippen molar-refractivity contribution in [1.82, 2.24) is 25.1 Å². The highest BCUT2D eigenvalue weighted by Crippen LogP contribution is 2.11. The SMILES string of the molecule is CCCN(CCC)CCCCN(CCOC(C)=O)Cc1ccc(CNC(C)c2ncc[nH]2)cc1. The van der Waals surface area contributed by atoms with E-state index in [1.165, 1.54) is 50.4 Å². The molecule has 0 aliphatic heterocycles. The van der Waals surface area contributed by atoms with Gasteiger partial charge in [0, 0.05) is 39.0 Å². The number of aromatic amines is 1. The van der Waals surface area contributed by atoms with Gasteiger partial charge >= 0.3 is 5.97 Å². The minimum absolute atomic E-state index is 0.178. The normalized spacial score (nSPS) is 12.4. The summed E-state index contributed by atoms with van der Waals surface area (Å²) in [5.74, 6) is 0.739. The van der Waals surface area contributed by atoms with Crippen LogP contribution in [0.25, 0.3) is 0 Å². The van der Waals surface area contributed by atoms with Crippen LogP contribution < -0.4 is 5.32 Å². The monoisotopic (exact) mass is 471 g/mol. The highest BCUT2D eigenvalue weighted by molar-refractivity contribution is 5.65. The molecule has 0 bridgehead atoms.